The second kappa shape index (κ2) is 9.47. The monoisotopic (exact) mass is 404 g/mol. The fourth-order valence-electron chi connectivity index (χ4n) is 3.76. The number of nitrogens with one attached hydrogen (secondary N) is 2. The van der Waals surface area contributed by atoms with Crippen molar-refractivity contribution in [3.8, 4) is 0 Å². The molecule has 7 heteroatoms. The van der Waals surface area contributed by atoms with Gasteiger partial charge in [-0.2, -0.15) is 0 Å². The predicted octanol–water partition coefficient (Wildman–Crippen LogP) is 1.76. The van der Waals surface area contributed by atoms with Crippen LogP contribution in [0.3, 0.4) is 0 Å². The van der Waals surface area contributed by atoms with Gasteiger partial charge in [0.25, 0.3) is 5.91 Å². The van der Waals surface area contributed by atoms with Crippen LogP contribution in [0.4, 0.5) is 0 Å². The third-order valence-electron chi connectivity index (χ3n) is 5.75. The minimum absolute atomic E-state index is 0.0520. The van der Waals surface area contributed by atoms with Crippen molar-refractivity contribution in [3.05, 3.63) is 29.3 Å². The summed E-state index contributed by atoms with van der Waals surface area (Å²) in [5.74, 6) is 0.0831. The molecule has 0 bridgehead atoms. The maximum Gasteiger partial charge on any atom is 0.328 e. The summed E-state index contributed by atoms with van der Waals surface area (Å²) in [6.07, 6.45) is 2.88. The van der Waals surface area contributed by atoms with E-state index in [1.807, 2.05) is 19.9 Å². The van der Waals surface area contributed by atoms with Gasteiger partial charge in [0.2, 0.25) is 0 Å². The van der Waals surface area contributed by atoms with Crippen molar-refractivity contribution < 1.29 is 19.2 Å². The number of piperidine rings is 1. The fourth-order valence-corrected chi connectivity index (χ4v) is 4.90. The zero-order valence-electron chi connectivity index (χ0n) is 16.9. The number of likely N-dealkylation sites (tertiary alicyclic amines) is 1. The van der Waals surface area contributed by atoms with Crippen molar-refractivity contribution in [2.75, 3.05) is 26.7 Å². The normalized spacial score (nSPS) is 21.8. The van der Waals surface area contributed by atoms with E-state index in [-0.39, 0.29) is 17.8 Å². The number of para-hydroxylation sites is 1. The number of rotatable bonds is 7. The number of thiazole rings is 1. The van der Waals surface area contributed by atoms with Crippen LogP contribution in [-0.2, 0) is 14.3 Å². The van der Waals surface area contributed by atoms with Gasteiger partial charge in [0.15, 0.2) is 6.54 Å². The summed E-state index contributed by atoms with van der Waals surface area (Å²) in [5, 5.41) is 4.10. The first kappa shape index (κ1) is 20.7. The lowest BCUT2D eigenvalue weighted by atomic mass is 9.97. The fraction of sp³-hybridized carbons (Fsp3) is 0.571. The van der Waals surface area contributed by atoms with Gasteiger partial charge < -0.3 is 15.0 Å². The molecule has 2 heterocycles. The number of nitrogens with zero attached hydrogens (tertiary/aromatic N) is 1. The van der Waals surface area contributed by atoms with Gasteiger partial charge >= 0.3 is 5.97 Å². The Balaban J connectivity index is 1.51. The van der Waals surface area contributed by atoms with Crippen LogP contribution in [0, 0.1) is 5.92 Å². The minimum Gasteiger partial charge on any atom is -0.467 e. The van der Waals surface area contributed by atoms with Crippen LogP contribution in [0.25, 0.3) is 10.2 Å². The lowest BCUT2D eigenvalue weighted by molar-refractivity contribution is -0.897. The Hall–Kier alpha value is -1.99. The third kappa shape index (κ3) is 4.89. The lowest BCUT2D eigenvalue weighted by Crippen LogP contribution is -3.14. The van der Waals surface area contributed by atoms with Crippen LogP contribution in [-0.4, -0.2) is 49.6 Å². The molecule has 2 N–H and O–H groups in total. The predicted molar refractivity (Wildman–Crippen MR) is 111 cm³/mol. The maximum absolute atomic E-state index is 12.5. The summed E-state index contributed by atoms with van der Waals surface area (Å²) in [4.78, 5) is 30.5. The van der Waals surface area contributed by atoms with E-state index in [0.717, 1.165) is 37.9 Å². The van der Waals surface area contributed by atoms with Crippen molar-refractivity contribution in [2.45, 2.75) is 45.1 Å². The first-order valence-electron chi connectivity index (χ1n) is 10.1. The number of fused-ring (bicyclic) bond motifs is 1. The number of quaternary nitrogens is 1. The largest absolute Gasteiger partial charge is 0.467 e. The molecule has 1 aliphatic heterocycles. The number of methoxy groups -OCH3 is 1. The van der Waals surface area contributed by atoms with Crippen molar-refractivity contribution in [1.82, 2.24) is 10.3 Å². The number of carbonyl (C=O) groups is 2. The van der Waals surface area contributed by atoms with Gasteiger partial charge in [-0.1, -0.05) is 32.4 Å². The van der Waals surface area contributed by atoms with Crippen LogP contribution in [0.2, 0.25) is 0 Å². The standard InChI is InChI=1S/C21H29N3O3S/c1-4-14(2)19(21(26)27-3)23-18(25)13-24-11-9-15(10-12-24)20-22-16-7-5-6-8-17(16)28-20/h5-8,14-15,19H,4,9-13H2,1-3H3,(H,23,25)/p+1/t14-,19+/m1/s1. The van der Waals surface area contributed by atoms with Gasteiger partial charge in [-0.15, -0.1) is 11.3 Å². The highest BCUT2D eigenvalue weighted by atomic mass is 32.1. The van der Waals surface area contributed by atoms with E-state index in [4.69, 9.17) is 9.72 Å². The number of hydrogen-bond donors (Lipinski definition) is 2. The molecule has 2 atom stereocenters. The molecular formula is C21H30N3O3S+. The molecule has 3 rings (SSSR count). The van der Waals surface area contributed by atoms with E-state index in [0.29, 0.717) is 12.5 Å². The summed E-state index contributed by atoms with van der Waals surface area (Å²) in [6, 6.07) is 7.70. The van der Waals surface area contributed by atoms with Crippen molar-refractivity contribution in [2.24, 2.45) is 5.92 Å². The summed E-state index contributed by atoms with van der Waals surface area (Å²) < 4.78 is 6.09. The second-order valence-electron chi connectivity index (χ2n) is 7.67. The van der Waals surface area contributed by atoms with Crippen LogP contribution in [0.15, 0.2) is 24.3 Å². The molecular weight excluding hydrogens is 374 g/mol. The Kier molecular flexibility index (Phi) is 7.02. The molecule has 0 spiro atoms. The molecule has 1 aliphatic rings. The molecule has 1 aromatic carbocycles. The first-order valence-corrected chi connectivity index (χ1v) is 10.9. The molecule has 0 saturated carbocycles. The molecule has 28 heavy (non-hydrogen) atoms. The molecule has 0 aliphatic carbocycles. The SMILES string of the molecule is CC[C@@H](C)[C@H](NC(=O)C[NH+]1CCC(c2nc3ccccc3s2)CC1)C(=O)OC. The summed E-state index contributed by atoms with van der Waals surface area (Å²) in [6.45, 7) is 6.25. The summed E-state index contributed by atoms with van der Waals surface area (Å²) in [5.41, 5.74) is 1.08. The Labute approximate surface area is 170 Å². The van der Waals surface area contributed by atoms with E-state index in [1.165, 1.54) is 21.7 Å². The van der Waals surface area contributed by atoms with Crippen molar-refractivity contribution in [3.63, 3.8) is 0 Å². The van der Waals surface area contributed by atoms with Gasteiger partial charge in [0.1, 0.15) is 6.04 Å². The average molecular weight is 405 g/mol. The smallest absolute Gasteiger partial charge is 0.328 e. The summed E-state index contributed by atoms with van der Waals surface area (Å²) in [7, 11) is 1.36. The van der Waals surface area contributed by atoms with Crippen LogP contribution in [0.5, 0.6) is 0 Å². The zero-order valence-corrected chi connectivity index (χ0v) is 17.7. The highest BCUT2D eigenvalue weighted by Crippen LogP contribution is 2.31. The number of ether oxygens (including phenoxy) is 1. The molecule has 6 nitrogen and oxygen atoms in total. The molecule has 2 aromatic rings. The van der Waals surface area contributed by atoms with Crippen molar-refractivity contribution >= 4 is 33.4 Å². The minimum atomic E-state index is -0.567. The number of carbonyl (C=O) groups excluding carboxylic acids is 2. The molecule has 152 valence electrons. The van der Waals surface area contributed by atoms with E-state index in [9.17, 15) is 9.59 Å². The lowest BCUT2D eigenvalue weighted by Gasteiger charge is -2.29. The van der Waals surface area contributed by atoms with Crippen molar-refractivity contribution in [1.29, 1.82) is 0 Å². The molecule has 0 radical (unpaired) electrons. The molecule has 1 amide bonds. The van der Waals surface area contributed by atoms with Crippen LogP contribution in [0.1, 0.15) is 44.0 Å². The van der Waals surface area contributed by atoms with E-state index in [1.54, 1.807) is 11.3 Å². The quantitative estimate of drug-likeness (QED) is 0.690. The van der Waals surface area contributed by atoms with Gasteiger partial charge in [0, 0.05) is 18.8 Å². The van der Waals surface area contributed by atoms with Crippen LogP contribution < -0.4 is 10.2 Å². The highest BCUT2D eigenvalue weighted by Gasteiger charge is 2.30. The number of amides is 1. The maximum atomic E-state index is 12.5. The van der Waals surface area contributed by atoms with E-state index >= 15 is 0 Å². The van der Waals surface area contributed by atoms with Crippen LogP contribution >= 0.6 is 11.3 Å². The Morgan fingerprint density at radius 1 is 1.32 bits per heavy atom. The Bertz CT molecular complexity index is 781. The Morgan fingerprint density at radius 3 is 2.68 bits per heavy atom. The Morgan fingerprint density at radius 2 is 2.04 bits per heavy atom. The van der Waals surface area contributed by atoms with Gasteiger partial charge in [0.05, 0.1) is 35.4 Å². The zero-order chi connectivity index (χ0) is 20.1. The van der Waals surface area contributed by atoms with Gasteiger partial charge in [-0.05, 0) is 18.1 Å². The van der Waals surface area contributed by atoms with E-state index in [2.05, 4.69) is 23.5 Å². The highest BCUT2D eigenvalue weighted by molar-refractivity contribution is 7.18. The van der Waals surface area contributed by atoms with Gasteiger partial charge in [-0.3, -0.25) is 4.79 Å². The second-order valence-corrected chi connectivity index (χ2v) is 8.74. The molecule has 1 aromatic heterocycles. The molecule has 0 unspecified atom stereocenters. The average Bonchev–Trinajstić information content (AvgIpc) is 3.15. The number of hydrogen-bond acceptors (Lipinski definition) is 5. The number of benzene rings is 1. The third-order valence-corrected chi connectivity index (χ3v) is 6.95. The molecule has 1 saturated heterocycles. The number of aromatic nitrogens is 1. The topological polar surface area (TPSA) is 72.7 Å². The first-order chi connectivity index (χ1) is 13.5. The summed E-state index contributed by atoms with van der Waals surface area (Å²) >= 11 is 1.79. The van der Waals surface area contributed by atoms with Gasteiger partial charge in [-0.25, -0.2) is 9.78 Å². The molecule has 1 fully saturated rings. The number of esters is 1. The van der Waals surface area contributed by atoms with E-state index < -0.39 is 6.04 Å².